The number of carbonyl (C=O) groups excluding carboxylic acids is 2. The average Bonchev–Trinajstić information content (AvgIpc) is 3.03. The van der Waals surface area contributed by atoms with Gasteiger partial charge in [0.2, 0.25) is 10.0 Å². The monoisotopic (exact) mass is 438 g/mol. The Balaban J connectivity index is 1.48. The number of esters is 1. The maximum Gasteiger partial charge on any atom is 0.328 e. The number of sulfonamides is 1. The molecule has 1 aliphatic rings. The molecule has 162 valence electrons. The summed E-state index contributed by atoms with van der Waals surface area (Å²) in [5, 5.41) is 4.17. The third kappa shape index (κ3) is 5.03. The van der Waals surface area contributed by atoms with Crippen molar-refractivity contribution in [1.82, 2.24) is 19.0 Å². The number of benzene rings is 1. The Morgan fingerprint density at radius 3 is 2.30 bits per heavy atom. The fraction of sp³-hybridized carbons (Fsp3) is 0.421. The molecule has 0 unspecified atom stereocenters. The second-order valence-corrected chi connectivity index (χ2v) is 8.92. The molecule has 1 amide bonds. The van der Waals surface area contributed by atoms with Crippen LogP contribution in [0.5, 0.6) is 0 Å². The molecule has 11 heteroatoms. The van der Waals surface area contributed by atoms with Crippen LogP contribution in [0.15, 0.2) is 35.2 Å². The van der Waals surface area contributed by atoms with Gasteiger partial charge >= 0.3 is 5.97 Å². The first-order valence-electron chi connectivity index (χ1n) is 9.37. The molecule has 1 fully saturated rings. The number of piperazine rings is 1. The molecular weight excluding hydrogens is 415 g/mol. The normalized spacial score (nSPS) is 15.2. The summed E-state index contributed by atoms with van der Waals surface area (Å²) >= 11 is 0. The van der Waals surface area contributed by atoms with E-state index in [0.29, 0.717) is 0 Å². The van der Waals surface area contributed by atoms with Crippen LogP contribution in [0.2, 0.25) is 0 Å². The van der Waals surface area contributed by atoms with Gasteiger partial charge < -0.3 is 9.64 Å². The van der Waals surface area contributed by atoms with Crippen molar-refractivity contribution in [2.45, 2.75) is 25.3 Å². The number of ether oxygens (including phenoxy) is 1. The predicted molar refractivity (Wildman–Crippen MR) is 104 cm³/mol. The van der Waals surface area contributed by atoms with E-state index < -0.39 is 34.3 Å². The first-order chi connectivity index (χ1) is 14.2. The van der Waals surface area contributed by atoms with Crippen LogP contribution in [0.4, 0.5) is 4.39 Å². The van der Waals surface area contributed by atoms with Crippen LogP contribution in [-0.4, -0.2) is 72.1 Å². The average molecular weight is 438 g/mol. The van der Waals surface area contributed by atoms with Gasteiger partial charge in [0.25, 0.3) is 5.91 Å². The molecule has 30 heavy (non-hydrogen) atoms. The van der Waals surface area contributed by atoms with E-state index in [1.54, 1.807) is 0 Å². The van der Waals surface area contributed by atoms with Crippen molar-refractivity contribution in [3.05, 3.63) is 47.5 Å². The molecule has 2 aromatic rings. The highest BCUT2D eigenvalue weighted by molar-refractivity contribution is 7.89. The quantitative estimate of drug-likeness (QED) is 0.616. The molecule has 1 aliphatic heterocycles. The Hall–Kier alpha value is -2.79. The van der Waals surface area contributed by atoms with Gasteiger partial charge in [-0.25, -0.2) is 12.8 Å². The lowest BCUT2D eigenvalue weighted by atomic mass is 10.3. The third-order valence-electron chi connectivity index (χ3n) is 4.78. The van der Waals surface area contributed by atoms with Crippen LogP contribution in [0.25, 0.3) is 0 Å². The van der Waals surface area contributed by atoms with E-state index in [0.717, 1.165) is 23.5 Å². The number of nitrogens with zero attached hydrogens (tertiary/aromatic N) is 4. The number of hydrogen-bond donors (Lipinski definition) is 0. The molecule has 0 saturated carbocycles. The summed E-state index contributed by atoms with van der Waals surface area (Å²) in [7, 11) is -3.76. The maximum atomic E-state index is 13.0. The molecule has 2 heterocycles. The summed E-state index contributed by atoms with van der Waals surface area (Å²) in [5.74, 6) is -1.49. The van der Waals surface area contributed by atoms with Crippen molar-refractivity contribution in [3.63, 3.8) is 0 Å². The van der Waals surface area contributed by atoms with Crippen molar-refractivity contribution >= 4 is 21.9 Å². The molecule has 0 aliphatic carbocycles. The van der Waals surface area contributed by atoms with Crippen molar-refractivity contribution in [2.24, 2.45) is 0 Å². The number of aromatic nitrogens is 2. The Morgan fingerprint density at radius 1 is 1.10 bits per heavy atom. The summed E-state index contributed by atoms with van der Waals surface area (Å²) in [6, 6.07) is 6.44. The predicted octanol–water partition coefficient (Wildman–Crippen LogP) is 0.715. The lowest BCUT2D eigenvalue weighted by molar-refractivity contribution is -0.153. The molecule has 9 nitrogen and oxygen atoms in total. The first-order valence-corrected chi connectivity index (χ1v) is 10.8. The molecule has 0 spiro atoms. The molecule has 0 N–H and O–H groups in total. The second-order valence-electron chi connectivity index (χ2n) is 6.98. The highest BCUT2D eigenvalue weighted by atomic mass is 32.2. The Bertz CT molecular complexity index is 1030. The van der Waals surface area contributed by atoms with E-state index in [1.807, 2.05) is 19.9 Å². The molecule has 0 bridgehead atoms. The van der Waals surface area contributed by atoms with Gasteiger partial charge in [0.1, 0.15) is 12.4 Å². The van der Waals surface area contributed by atoms with E-state index in [1.165, 1.54) is 26.0 Å². The van der Waals surface area contributed by atoms with E-state index >= 15 is 0 Å². The number of amides is 1. The summed E-state index contributed by atoms with van der Waals surface area (Å²) in [6.45, 7) is 3.69. The molecule has 1 aromatic carbocycles. The number of aryl methyl sites for hydroxylation is 2. The highest BCUT2D eigenvalue weighted by Gasteiger charge is 2.30. The van der Waals surface area contributed by atoms with Crippen molar-refractivity contribution < 1.29 is 27.1 Å². The minimum Gasteiger partial charge on any atom is -0.454 e. The van der Waals surface area contributed by atoms with Gasteiger partial charge in [0, 0.05) is 31.9 Å². The summed E-state index contributed by atoms with van der Waals surface area (Å²) in [6.07, 6.45) is 0. The lowest BCUT2D eigenvalue weighted by Crippen LogP contribution is -2.51. The van der Waals surface area contributed by atoms with Gasteiger partial charge in [-0.2, -0.15) is 9.40 Å². The van der Waals surface area contributed by atoms with Crippen molar-refractivity contribution in [3.8, 4) is 0 Å². The molecule has 0 radical (unpaired) electrons. The molecule has 1 saturated heterocycles. The molecule has 3 rings (SSSR count). The number of hydrogen-bond acceptors (Lipinski definition) is 6. The number of halogens is 1. The lowest BCUT2D eigenvalue weighted by Gasteiger charge is -2.33. The highest BCUT2D eigenvalue weighted by Crippen LogP contribution is 2.18. The van der Waals surface area contributed by atoms with E-state index in [2.05, 4.69) is 5.10 Å². The third-order valence-corrected chi connectivity index (χ3v) is 6.69. The van der Waals surface area contributed by atoms with Crippen molar-refractivity contribution in [2.75, 3.05) is 32.8 Å². The van der Waals surface area contributed by atoms with Gasteiger partial charge in [0.15, 0.2) is 6.61 Å². The molecule has 0 atom stereocenters. The van der Waals surface area contributed by atoms with E-state index in [9.17, 15) is 22.4 Å². The fourth-order valence-corrected chi connectivity index (χ4v) is 4.59. The largest absolute Gasteiger partial charge is 0.454 e. The minimum absolute atomic E-state index is 0.00163. The molecule has 1 aromatic heterocycles. The standard InChI is InChI=1S/C19H23FN4O5S/c1-14-11-15(2)24(21-14)12-19(26)29-13-18(25)22-7-9-23(10-8-22)30(27,28)17-5-3-16(20)4-6-17/h3-6,11H,7-10,12-13H2,1-2H3. The smallest absolute Gasteiger partial charge is 0.328 e. The number of carbonyl (C=O) groups is 2. The first kappa shape index (κ1) is 21.9. The van der Waals surface area contributed by atoms with Gasteiger partial charge in [-0.05, 0) is 44.2 Å². The summed E-state index contributed by atoms with van der Waals surface area (Å²) in [5.41, 5.74) is 1.60. The van der Waals surface area contributed by atoms with Gasteiger partial charge in [-0.1, -0.05) is 0 Å². The molecular formula is C19H23FN4O5S. The minimum atomic E-state index is -3.76. The Kier molecular flexibility index (Phi) is 6.52. The zero-order valence-corrected chi connectivity index (χ0v) is 17.6. The topological polar surface area (TPSA) is 102 Å². The Labute approximate surface area is 174 Å². The van der Waals surface area contributed by atoms with Crippen LogP contribution in [0, 0.1) is 19.7 Å². The zero-order chi connectivity index (χ0) is 21.9. The number of rotatable bonds is 6. The van der Waals surface area contributed by atoms with Crippen LogP contribution in [0.1, 0.15) is 11.4 Å². The van der Waals surface area contributed by atoms with Gasteiger partial charge in [0.05, 0.1) is 10.6 Å². The van der Waals surface area contributed by atoms with E-state index in [-0.39, 0.29) is 37.6 Å². The van der Waals surface area contributed by atoms with Crippen LogP contribution >= 0.6 is 0 Å². The van der Waals surface area contributed by atoms with Crippen LogP contribution < -0.4 is 0 Å². The second kappa shape index (κ2) is 8.92. The van der Waals surface area contributed by atoms with Crippen LogP contribution in [0.3, 0.4) is 0 Å². The van der Waals surface area contributed by atoms with E-state index in [4.69, 9.17) is 4.74 Å². The van der Waals surface area contributed by atoms with Crippen LogP contribution in [-0.2, 0) is 30.9 Å². The summed E-state index contributed by atoms with van der Waals surface area (Å²) < 4.78 is 46.1. The van der Waals surface area contributed by atoms with Gasteiger partial charge in [-0.15, -0.1) is 0 Å². The zero-order valence-electron chi connectivity index (χ0n) is 16.7. The summed E-state index contributed by atoms with van der Waals surface area (Å²) in [4.78, 5) is 25.7. The Morgan fingerprint density at radius 2 is 1.73 bits per heavy atom. The maximum absolute atomic E-state index is 13.0. The SMILES string of the molecule is Cc1cc(C)n(CC(=O)OCC(=O)N2CCN(S(=O)(=O)c3ccc(F)cc3)CC2)n1. The fourth-order valence-electron chi connectivity index (χ4n) is 3.17. The van der Waals surface area contributed by atoms with Crippen molar-refractivity contribution in [1.29, 1.82) is 0 Å². The van der Waals surface area contributed by atoms with Gasteiger partial charge in [-0.3, -0.25) is 14.3 Å².